The first-order chi connectivity index (χ1) is 12.2. The van der Waals surface area contributed by atoms with Crippen LogP contribution in [0, 0.1) is 0 Å². The minimum Gasteiger partial charge on any atom is -0.370 e. The summed E-state index contributed by atoms with van der Waals surface area (Å²) < 4.78 is 2.06. The van der Waals surface area contributed by atoms with E-state index in [0.717, 1.165) is 37.8 Å². The van der Waals surface area contributed by atoms with Crippen molar-refractivity contribution in [2.24, 2.45) is 4.99 Å². The summed E-state index contributed by atoms with van der Waals surface area (Å²) in [6, 6.07) is 10.7. The number of nitrogens with one attached hydrogen (secondary N) is 2. The molecule has 1 atom stereocenters. The van der Waals surface area contributed by atoms with Gasteiger partial charge in [-0.05, 0) is 19.1 Å². The summed E-state index contributed by atoms with van der Waals surface area (Å²) in [5, 5.41) is 14.8. The zero-order chi connectivity index (χ0) is 18.1. The largest absolute Gasteiger partial charge is 0.370 e. The molecule has 7 nitrogen and oxygen atoms in total. The predicted molar refractivity (Wildman–Crippen MR) is 103 cm³/mol. The summed E-state index contributed by atoms with van der Waals surface area (Å²) in [5.74, 6) is 1.81. The molecule has 0 saturated carbocycles. The Morgan fingerprint density at radius 1 is 1.28 bits per heavy atom. The summed E-state index contributed by atoms with van der Waals surface area (Å²) >= 11 is 0. The third-order valence-electron chi connectivity index (χ3n) is 4.27. The Hall–Kier alpha value is -2.57. The first-order valence-electron chi connectivity index (χ1n) is 8.74. The fourth-order valence-corrected chi connectivity index (χ4v) is 2.55. The quantitative estimate of drug-likeness (QED) is 0.562. The maximum absolute atomic E-state index is 4.29. The highest BCUT2D eigenvalue weighted by Gasteiger charge is 2.10. The van der Waals surface area contributed by atoms with E-state index in [1.807, 2.05) is 6.07 Å². The van der Waals surface area contributed by atoms with Crippen molar-refractivity contribution in [3.05, 3.63) is 42.5 Å². The lowest BCUT2D eigenvalue weighted by Gasteiger charge is -2.27. The molecule has 0 fully saturated rings. The molecule has 0 saturated heterocycles. The van der Waals surface area contributed by atoms with E-state index in [1.165, 1.54) is 5.69 Å². The van der Waals surface area contributed by atoms with Gasteiger partial charge in [-0.15, -0.1) is 10.2 Å². The monoisotopic (exact) mass is 343 g/mol. The van der Waals surface area contributed by atoms with Crippen LogP contribution in [-0.2, 0) is 13.0 Å². The molecule has 0 radical (unpaired) electrons. The van der Waals surface area contributed by atoms with E-state index >= 15 is 0 Å². The zero-order valence-electron chi connectivity index (χ0n) is 15.6. The van der Waals surface area contributed by atoms with Gasteiger partial charge in [0.15, 0.2) is 5.96 Å². The van der Waals surface area contributed by atoms with Crippen molar-refractivity contribution in [3.8, 4) is 0 Å². The number of nitrogens with zero attached hydrogens (tertiary/aromatic N) is 5. The number of hydrogen-bond acceptors (Lipinski definition) is 4. The predicted octanol–water partition coefficient (Wildman–Crippen LogP) is 1.53. The Balaban J connectivity index is 1.76. The van der Waals surface area contributed by atoms with E-state index in [0.29, 0.717) is 6.04 Å². The smallest absolute Gasteiger partial charge is 0.191 e. The zero-order valence-corrected chi connectivity index (χ0v) is 15.6. The Kier molecular flexibility index (Phi) is 7.25. The molecule has 0 aliphatic heterocycles. The van der Waals surface area contributed by atoms with Crippen molar-refractivity contribution in [3.63, 3.8) is 0 Å². The van der Waals surface area contributed by atoms with Gasteiger partial charge >= 0.3 is 0 Å². The molecule has 7 heteroatoms. The van der Waals surface area contributed by atoms with E-state index in [9.17, 15) is 0 Å². The molecule has 0 amide bonds. The topological polar surface area (TPSA) is 70.4 Å². The van der Waals surface area contributed by atoms with Crippen LogP contribution in [0.15, 0.2) is 41.7 Å². The lowest BCUT2D eigenvalue weighted by molar-refractivity contribution is 0.618. The van der Waals surface area contributed by atoms with Crippen LogP contribution < -0.4 is 15.5 Å². The van der Waals surface area contributed by atoms with Gasteiger partial charge < -0.3 is 20.1 Å². The van der Waals surface area contributed by atoms with E-state index in [-0.39, 0.29) is 0 Å². The molecule has 25 heavy (non-hydrogen) atoms. The average molecular weight is 343 g/mol. The summed E-state index contributed by atoms with van der Waals surface area (Å²) in [6.07, 6.45) is 2.66. The van der Waals surface area contributed by atoms with Crippen LogP contribution in [0.5, 0.6) is 0 Å². The molecule has 136 valence electrons. The minimum atomic E-state index is 0.338. The maximum atomic E-state index is 4.29. The average Bonchev–Trinajstić information content (AvgIpc) is 3.11. The van der Waals surface area contributed by atoms with Gasteiger partial charge in [-0.3, -0.25) is 4.99 Å². The lowest BCUT2D eigenvalue weighted by Crippen LogP contribution is -2.45. The van der Waals surface area contributed by atoms with Gasteiger partial charge in [0.05, 0.1) is 0 Å². The second-order valence-electron chi connectivity index (χ2n) is 5.97. The molecule has 0 aliphatic rings. The highest BCUT2D eigenvalue weighted by atomic mass is 15.3. The van der Waals surface area contributed by atoms with Crippen molar-refractivity contribution < 1.29 is 0 Å². The van der Waals surface area contributed by atoms with Crippen LogP contribution in [0.1, 0.15) is 19.7 Å². The number of aromatic nitrogens is 3. The molecular formula is C18H29N7. The number of anilines is 1. The van der Waals surface area contributed by atoms with Crippen molar-refractivity contribution in [2.75, 3.05) is 32.1 Å². The molecule has 1 aromatic carbocycles. The van der Waals surface area contributed by atoms with Gasteiger partial charge in [0.1, 0.15) is 12.2 Å². The fourth-order valence-electron chi connectivity index (χ4n) is 2.55. The first kappa shape index (κ1) is 18.8. The van der Waals surface area contributed by atoms with Crippen LogP contribution >= 0.6 is 0 Å². The summed E-state index contributed by atoms with van der Waals surface area (Å²) in [7, 11) is 3.90. The lowest BCUT2D eigenvalue weighted by atomic mass is 10.2. The van der Waals surface area contributed by atoms with E-state index < -0.39 is 0 Å². The Morgan fingerprint density at radius 3 is 2.72 bits per heavy atom. The van der Waals surface area contributed by atoms with Gasteiger partial charge in [0.2, 0.25) is 0 Å². The Labute approximate surface area is 150 Å². The van der Waals surface area contributed by atoms with Crippen molar-refractivity contribution in [2.45, 2.75) is 32.9 Å². The summed E-state index contributed by atoms with van der Waals surface area (Å²) in [5.41, 5.74) is 1.21. The number of aliphatic imine (C=N–C) groups is 1. The fraction of sp³-hybridized carbons (Fsp3) is 0.500. The van der Waals surface area contributed by atoms with E-state index in [1.54, 1.807) is 13.4 Å². The van der Waals surface area contributed by atoms with Crippen LogP contribution in [0.25, 0.3) is 0 Å². The molecule has 2 rings (SSSR count). The summed E-state index contributed by atoms with van der Waals surface area (Å²) in [6.45, 7) is 6.67. The standard InChI is InChI=1S/C18H29N7/c1-5-17-23-22-14-25(17)12-11-20-18(19-3)21-13-15(2)24(4)16-9-7-6-8-10-16/h6-10,14-15H,5,11-13H2,1-4H3,(H2,19,20,21). The van der Waals surface area contributed by atoms with E-state index in [2.05, 4.69) is 80.5 Å². The third-order valence-corrected chi connectivity index (χ3v) is 4.27. The number of rotatable bonds is 8. The van der Waals surface area contributed by atoms with Crippen LogP contribution in [0.2, 0.25) is 0 Å². The van der Waals surface area contributed by atoms with Crippen molar-refractivity contribution in [1.29, 1.82) is 0 Å². The highest BCUT2D eigenvalue weighted by Crippen LogP contribution is 2.13. The summed E-state index contributed by atoms with van der Waals surface area (Å²) in [4.78, 5) is 6.54. The molecule has 2 aromatic rings. The van der Waals surface area contributed by atoms with Crippen LogP contribution in [0.3, 0.4) is 0 Å². The molecule has 1 heterocycles. The number of hydrogen-bond donors (Lipinski definition) is 2. The maximum Gasteiger partial charge on any atom is 0.191 e. The molecular weight excluding hydrogens is 314 g/mol. The number of likely N-dealkylation sites (N-methyl/N-ethyl adjacent to an activating group) is 1. The normalized spacial score (nSPS) is 12.7. The molecule has 2 N–H and O–H groups in total. The highest BCUT2D eigenvalue weighted by molar-refractivity contribution is 5.79. The Morgan fingerprint density at radius 2 is 2.04 bits per heavy atom. The first-order valence-corrected chi connectivity index (χ1v) is 8.74. The molecule has 0 spiro atoms. The SMILES string of the molecule is CCc1nncn1CCNC(=NC)NCC(C)N(C)c1ccccc1. The molecule has 0 bridgehead atoms. The van der Waals surface area contributed by atoms with Crippen LogP contribution in [0.4, 0.5) is 5.69 Å². The van der Waals surface area contributed by atoms with Crippen LogP contribution in [-0.4, -0.2) is 54.0 Å². The van der Waals surface area contributed by atoms with Gasteiger partial charge in [0.25, 0.3) is 0 Å². The minimum absolute atomic E-state index is 0.338. The number of aryl methyl sites for hydroxylation is 1. The number of para-hydroxylation sites is 1. The van der Waals surface area contributed by atoms with Gasteiger partial charge in [0, 0.05) is 51.9 Å². The van der Waals surface area contributed by atoms with Gasteiger partial charge in [-0.1, -0.05) is 25.1 Å². The number of benzene rings is 1. The Bertz CT molecular complexity index is 650. The van der Waals surface area contributed by atoms with Crippen molar-refractivity contribution >= 4 is 11.6 Å². The second kappa shape index (κ2) is 9.66. The van der Waals surface area contributed by atoms with Gasteiger partial charge in [-0.25, -0.2) is 0 Å². The second-order valence-corrected chi connectivity index (χ2v) is 5.97. The molecule has 1 aromatic heterocycles. The van der Waals surface area contributed by atoms with E-state index in [4.69, 9.17) is 0 Å². The van der Waals surface area contributed by atoms with Crippen molar-refractivity contribution in [1.82, 2.24) is 25.4 Å². The molecule has 1 unspecified atom stereocenters. The molecule has 0 aliphatic carbocycles. The number of guanidine groups is 1. The van der Waals surface area contributed by atoms with Gasteiger partial charge in [-0.2, -0.15) is 0 Å². The third kappa shape index (κ3) is 5.48.